The first-order chi connectivity index (χ1) is 8.54. The third kappa shape index (κ3) is 8.23. The molecule has 0 fully saturated rings. The SMILES string of the molecule is CCN(CC)C(=S)SCC(O)COCC(O)CO. The van der Waals surface area contributed by atoms with E-state index in [2.05, 4.69) is 0 Å². The summed E-state index contributed by atoms with van der Waals surface area (Å²) in [6.07, 6.45) is -1.52. The van der Waals surface area contributed by atoms with Crippen LogP contribution >= 0.6 is 24.0 Å². The van der Waals surface area contributed by atoms with Crippen LogP contribution in [-0.4, -0.2) is 75.4 Å². The molecule has 5 nitrogen and oxygen atoms in total. The van der Waals surface area contributed by atoms with Crippen LogP contribution in [0.5, 0.6) is 0 Å². The van der Waals surface area contributed by atoms with E-state index < -0.39 is 12.2 Å². The van der Waals surface area contributed by atoms with Gasteiger partial charge in [-0.15, -0.1) is 0 Å². The van der Waals surface area contributed by atoms with Gasteiger partial charge in [-0.3, -0.25) is 0 Å². The highest BCUT2D eigenvalue weighted by molar-refractivity contribution is 8.22. The van der Waals surface area contributed by atoms with Crippen molar-refractivity contribution in [3.05, 3.63) is 0 Å². The Morgan fingerprint density at radius 3 is 2.28 bits per heavy atom. The lowest BCUT2D eigenvalue weighted by Gasteiger charge is -2.21. The van der Waals surface area contributed by atoms with Crippen LogP contribution < -0.4 is 0 Å². The van der Waals surface area contributed by atoms with Crippen LogP contribution in [0.4, 0.5) is 0 Å². The summed E-state index contributed by atoms with van der Waals surface area (Å²) in [4.78, 5) is 2.04. The first-order valence-electron chi connectivity index (χ1n) is 6.01. The summed E-state index contributed by atoms with van der Waals surface area (Å²) >= 11 is 6.65. The second kappa shape index (κ2) is 11.0. The van der Waals surface area contributed by atoms with Gasteiger partial charge in [0.1, 0.15) is 10.4 Å². The van der Waals surface area contributed by atoms with Crippen molar-refractivity contribution in [3.8, 4) is 0 Å². The molecule has 0 spiro atoms. The minimum Gasteiger partial charge on any atom is -0.394 e. The maximum atomic E-state index is 9.64. The lowest BCUT2D eigenvalue weighted by atomic mass is 10.4. The lowest BCUT2D eigenvalue weighted by molar-refractivity contribution is -0.0192. The standard InChI is InChI=1S/C11H23NO4S2/c1-3-12(4-2)11(17)18-8-10(15)7-16-6-9(14)5-13/h9-10,13-15H,3-8H2,1-2H3. The van der Waals surface area contributed by atoms with Crippen molar-refractivity contribution in [2.45, 2.75) is 26.1 Å². The predicted octanol–water partition coefficient (Wildman–Crippen LogP) is 0.0770. The Kier molecular flexibility index (Phi) is 11.0. The Balaban J connectivity index is 3.69. The number of hydrogen-bond acceptors (Lipinski definition) is 6. The Labute approximate surface area is 118 Å². The van der Waals surface area contributed by atoms with E-state index in [1.54, 1.807) is 0 Å². The number of thioether (sulfide) groups is 1. The normalized spacial score (nSPS) is 14.3. The van der Waals surface area contributed by atoms with Crippen LogP contribution in [0.2, 0.25) is 0 Å². The number of thiocarbonyl (C=S) groups is 1. The Morgan fingerprint density at radius 1 is 1.22 bits per heavy atom. The summed E-state index contributed by atoms with van der Waals surface area (Å²) in [5.41, 5.74) is 0. The molecule has 0 amide bonds. The van der Waals surface area contributed by atoms with Gasteiger partial charge in [0.05, 0.1) is 25.9 Å². The molecule has 0 aromatic rings. The first kappa shape index (κ1) is 18.1. The van der Waals surface area contributed by atoms with Crippen LogP contribution in [0.1, 0.15) is 13.8 Å². The molecule has 2 unspecified atom stereocenters. The minimum atomic E-state index is -0.887. The van der Waals surface area contributed by atoms with Crippen molar-refractivity contribution < 1.29 is 20.1 Å². The highest BCUT2D eigenvalue weighted by atomic mass is 32.2. The molecule has 0 heterocycles. The Morgan fingerprint density at radius 2 is 1.78 bits per heavy atom. The number of rotatable bonds is 9. The third-order valence-electron chi connectivity index (χ3n) is 2.25. The largest absolute Gasteiger partial charge is 0.394 e. The number of ether oxygens (including phenoxy) is 1. The quantitative estimate of drug-likeness (QED) is 0.520. The monoisotopic (exact) mass is 297 g/mol. The van der Waals surface area contributed by atoms with Gasteiger partial charge < -0.3 is 25.0 Å². The maximum absolute atomic E-state index is 9.64. The Hall–Kier alpha value is 0.0800. The average Bonchev–Trinajstić information content (AvgIpc) is 2.37. The van der Waals surface area contributed by atoms with Crippen molar-refractivity contribution in [3.63, 3.8) is 0 Å². The molecule has 18 heavy (non-hydrogen) atoms. The fourth-order valence-electron chi connectivity index (χ4n) is 1.18. The maximum Gasteiger partial charge on any atom is 0.136 e. The summed E-state index contributed by atoms with van der Waals surface area (Å²) in [5, 5.41) is 27.3. The van der Waals surface area contributed by atoms with Gasteiger partial charge in [0.2, 0.25) is 0 Å². The molecule has 0 saturated carbocycles. The zero-order valence-electron chi connectivity index (χ0n) is 10.9. The second-order valence-corrected chi connectivity index (χ2v) is 5.43. The van der Waals surface area contributed by atoms with Crippen molar-refractivity contribution in [1.82, 2.24) is 4.90 Å². The van der Waals surface area contributed by atoms with Gasteiger partial charge >= 0.3 is 0 Å². The van der Waals surface area contributed by atoms with Crippen molar-refractivity contribution in [1.29, 1.82) is 0 Å². The average molecular weight is 297 g/mol. The molecule has 0 aliphatic carbocycles. The second-order valence-electron chi connectivity index (χ2n) is 3.78. The van der Waals surface area contributed by atoms with Crippen LogP contribution in [-0.2, 0) is 4.74 Å². The number of aliphatic hydroxyl groups is 3. The molecule has 3 N–H and O–H groups in total. The molecule has 0 aliphatic heterocycles. The summed E-state index contributed by atoms with van der Waals surface area (Å²) < 4.78 is 5.84. The topological polar surface area (TPSA) is 73.2 Å². The van der Waals surface area contributed by atoms with E-state index in [-0.39, 0.29) is 19.8 Å². The van der Waals surface area contributed by atoms with E-state index in [1.165, 1.54) is 11.8 Å². The highest BCUT2D eigenvalue weighted by Gasteiger charge is 2.11. The zero-order valence-corrected chi connectivity index (χ0v) is 12.5. The third-order valence-corrected chi connectivity index (χ3v) is 3.92. The van der Waals surface area contributed by atoms with E-state index in [0.717, 1.165) is 17.4 Å². The predicted molar refractivity (Wildman–Crippen MR) is 77.9 cm³/mol. The molecule has 0 aromatic carbocycles. The van der Waals surface area contributed by atoms with Gasteiger partial charge in [0, 0.05) is 18.8 Å². The van der Waals surface area contributed by atoms with Gasteiger partial charge in [-0.05, 0) is 13.8 Å². The molecule has 0 rings (SSSR count). The fourth-order valence-corrected chi connectivity index (χ4v) is 2.52. The smallest absolute Gasteiger partial charge is 0.136 e. The van der Waals surface area contributed by atoms with E-state index in [4.69, 9.17) is 27.2 Å². The molecule has 0 radical (unpaired) electrons. The van der Waals surface area contributed by atoms with Crippen molar-refractivity contribution in [2.75, 3.05) is 38.7 Å². The molecule has 0 aliphatic rings. The molecule has 2 atom stereocenters. The van der Waals surface area contributed by atoms with Gasteiger partial charge in [0.15, 0.2) is 0 Å². The van der Waals surface area contributed by atoms with E-state index in [9.17, 15) is 5.11 Å². The summed E-state index contributed by atoms with van der Waals surface area (Å²) in [6, 6.07) is 0. The minimum absolute atomic E-state index is 0.0265. The molecule has 7 heteroatoms. The van der Waals surface area contributed by atoms with Crippen molar-refractivity contribution >= 4 is 28.3 Å². The number of aliphatic hydroxyl groups excluding tert-OH is 3. The van der Waals surface area contributed by atoms with Gasteiger partial charge in [-0.2, -0.15) is 0 Å². The van der Waals surface area contributed by atoms with Crippen LogP contribution in [0, 0.1) is 0 Å². The summed E-state index contributed by atoms with van der Waals surface area (Å²) in [5.74, 6) is 0.463. The molecule has 108 valence electrons. The van der Waals surface area contributed by atoms with Crippen LogP contribution in [0.3, 0.4) is 0 Å². The zero-order chi connectivity index (χ0) is 14.0. The summed E-state index contributed by atoms with van der Waals surface area (Å²) in [6.45, 7) is 5.61. The molecule has 0 aromatic heterocycles. The van der Waals surface area contributed by atoms with Gasteiger partial charge in [0.25, 0.3) is 0 Å². The van der Waals surface area contributed by atoms with Gasteiger partial charge in [-0.1, -0.05) is 24.0 Å². The van der Waals surface area contributed by atoms with E-state index in [0.29, 0.717) is 5.75 Å². The van der Waals surface area contributed by atoms with Gasteiger partial charge in [-0.25, -0.2) is 0 Å². The lowest BCUT2D eigenvalue weighted by Crippen LogP contribution is -2.29. The first-order valence-corrected chi connectivity index (χ1v) is 7.40. The van der Waals surface area contributed by atoms with Crippen LogP contribution in [0.25, 0.3) is 0 Å². The molecular weight excluding hydrogens is 274 g/mol. The molecule has 0 saturated heterocycles. The molecule has 0 bridgehead atoms. The van der Waals surface area contributed by atoms with E-state index >= 15 is 0 Å². The highest BCUT2D eigenvalue weighted by Crippen LogP contribution is 2.11. The fraction of sp³-hybridized carbons (Fsp3) is 0.909. The van der Waals surface area contributed by atoms with E-state index in [1.807, 2.05) is 18.7 Å². The van der Waals surface area contributed by atoms with Crippen LogP contribution in [0.15, 0.2) is 0 Å². The summed E-state index contributed by atoms with van der Waals surface area (Å²) in [7, 11) is 0. The Bertz CT molecular complexity index is 227. The molecular formula is C11H23NO4S2. The number of nitrogens with zero attached hydrogens (tertiary/aromatic N) is 1. The van der Waals surface area contributed by atoms with Crippen molar-refractivity contribution in [2.24, 2.45) is 0 Å². The number of hydrogen-bond donors (Lipinski definition) is 3.